The van der Waals surface area contributed by atoms with Crippen LogP contribution in [0.2, 0.25) is 0 Å². The second-order valence-electron chi connectivity index (χ2n) is 6.65. The molecule has 1 unspecified atom stereocenters. The smallest absolute Gasteiger partial charge is 0.135 e. The van der Waals surface area contributed by atoms with Crippen LogP contribution >= 0.6 is 0 Å². The van der Waals surface area contributed by atoms with E-state index >= 15 is 0 Å². The predicted molar refractivity (Wildman–Crippen MR) is 113 cm³/mol. The van der Waals surface area contributed by atoms with Gasteiger partial charge < -0.3 is 9.64 Å². The first kappa shape index (κ1) is 19.1. The molecule has 0 N–H and O–H groups in total. The normalized spacial score (nSPS) is 16.7. The maximum atomic E-state index is 5.80. The molecule has 0 bridgehead atoms. The van der Waals surface area contributed by atoms with E-state index in [0.29, 0.717) is 12.6 Å². The van der Waals surface area contributed by atoms with Gasteiger partial charge in [0, 0.05) is 25.4 Å². The largest absolute Gasteiger partial charge is 0.377 e. The van der Waals surface area contributed by atoms with Crippen LogP contribution in [0.5, 0.6) is 0 Å². The molecule has 0 amide bonds. The van der Waals surface area contributed by atoms with Crippen molar-refractivity contribution in [3.63, 3.8) is 0 Å². The fraction of sp³-hybridized carbons (Fsp3) is 0.292. The Bertz CT molecular complexity index is 765. The second-order valence-corrected chi connectivity index (χ2v) is 6.65. The summed E-state index contributed by atoms with van der Waals surface area (Å²) >= 11 is 0. The molecule has 27 heavy (non-hydrogen) atoms. The molecular weight excluding hydrogens is 332 g/mol. The highest BCUT2D eigenvalue weighted by Crippen LogP contribution is 2.19. The number of benzene rings is 2. The van der Waals surface area contributed by atoms with Crippen molar-refractivity contribution in [2.45, 2.75) is 31.9 Å². The third kappa shape index (κ3) is 5.66. The molecule has 0 fully saturated rings. The number of allylic oxidation sites excluding steroid dienone is 2. The summed E-state index contributed by atoms with van der Waals surface area (Å²) in [7, 11) is 1.86. The van der Waals surface area contributed by atoms with Crippen LogP contribution in [0.1, 0.15) is 30.4 Å². The van der Waals surface area contributed by atoms with Gasteiger partial charge in [-0.25, -0.2) is 0 Å². The molecule has 0 saturated heterocycles. The van der Waals surface area contributed by atoms with E-state index in [1.807, 2.05) is 19.2 Å². The van der Waals surface area contributed by atoms with Crippen molar-refractivity contribution >= 4 is 5.84 Å². The van der Waals surface area contributed by atoms with Gasteiger partial charge in [-0.15, -0.1) is 0 Å². The van der Waals surface area contributed by atoms with Crippen LogP contribution in [-0.4, -0.2) is 30.4 Å². The Balaban J connectivity index is 1.47. The molecule has 2 aromatic rings. The molecule has 0 aliphatic carbocycles. The average Bonchev–Trinajstić information content (AvgIpc) is 2.74. The first-order valence-electron chi connectivity index (χ1n) is 9.65. The molecule has 1 aliphatic rings. The number of unbranched alkanes of at least 4 members (excludes halogenated alkanes) is 1. The van der Waals surface area contributed by atoms with E-state index < -0.39 is 0 Å². The zero-order valence-corrected chi connectivity index (χ0v) is 16.0. The Labute approximate surface area is 162 Å². The van der Waals surface area contributed by atoms with Crippen molar-refractivity contribution in [1.82, 2.24) is 4.90 Å². The van der Waals surface area contributed by atoms with Crippen molar-refractivity contribution in [3.8, 4) is 0 Å². The number of hydrogen-bond acceptors (Lipinski definition) is 2. The Morgan fingerprint density at radius 2 is 1.70 bits per heavy atom. The van der Waals surface area contributed by atoms with Crippen LogP contribution in [0.3, 0.4) is 0 Å². The molecule has 140 valence electrons. The van der Waals surface area contributed by atoms with Gasteiger partial charge >= 0.3 is 0 Å². The van der Waals surface area contributed by atoms with Crippen molar-refractivity contribution in [1.29, 1.82) is 0 Å². The highest BCUT2D eigenvalue weighted by Gasteiger charge is 2.20. The monoisotopic (exact) mass is 360 g/mol. The number of aliphatic imine (C=N–C) groups is 1. The van der Waals surface area contributed by atoms with Crippen LogP contribution in [0.25, 0.3) is 0 Å². The maximum Gasteiger partial charge on any atom is 0.135 e. The molecule has 0 aromatic heterocycles. The topological polar surface area (TPSA) is 24.8 Å². The Morgan fingerprint density at radius 1 is 0.963 bits per heavy atom. The first-order chi connectivity index (χ1) is 13.4. The Kier molecular flexibility index (Phi) is 7.43. The SMILES string of the molecule is CN=C(c1ccccc1)N1C=CC=CC1CCCCOCc1ccccc1. The summed E-state index contributed by atoms with van der Waals surface area (Å²) in [5.41, 5.74) is 2.38. The van der Waals surface area contributed by atoms with E-state index in [1.54, 1.807) is 0 Å². The predicted octanol–water partition coefficient (Wildman–Crippen LogP) is 5.20. The van der Waals surface area contributed by atoms with Gasteiger partial charge in [0.15, 0.2) is 0 Å². The lowest BCUT2D eigenvalue weighted by Gasteiger charge is -2.31. The minimum Gasteiger partial charge on any atom is -0.377 e. The van der Waals surface area contributed by atoms with Crippen LogP contribution in [0.15, 0.2) is 90.1 Å². The number of rotatable bonds is 8. The van der Waals surface area contributed by atoms with Crippen molar-refractivity contribution in [2.24, 2.45) is 4.99 Å². The molecule has 2 aromatic carbocycles. The third-order valence-electron chi connectivity index (χ3n) is 4.69. The lowest BCUT2D eigenvalue weighted by atomic mass is 10.0. The van der Waals surface area contributed by atoms with Crippen LogP contribution in [0, 0.1) is 0 Å². The lowest BCUT2D eigenvalue weighted by Crippen LogP contribution is -2.36. The van der Waals surface area contributed by atoms with E-state index in [1.165, 1.54) is 5.56 Å². The first-order valence-corrected chi connectivity index (χ1v) is 9.65. The summed E-state index contributed by atoms with van der Waals surface area (Å²) in [6, 6.07) is 21.1. The Morgan fingerprint density at radius 3 is 2.44 bits per heavy atom. The van der Waals surface area contributed by atoms with Gasteiger partial charge in [-0.05, 0) is 30.9 Å². The summed E-state index contributed by atoms with van der Waals surface area (Å²) in [5, 5.41) is 0. The molecular formula is C24H28N2O. The standard InChI is InChI=1S/C24H28N2O/c1-25-24(22-14-6-3-7-15-22)26-18-10-8-16-23(26)17-9-11-19-27-20-21-12-4-2-5-13-21/h2-8,10,12-16,18,23H,9,11,17,19-20H2,1H3. The van der Waals surface area contributed by atoms with Gasteiger partial charge in [-0.3, -0.25) is 4.99 Å². The quantitative estimate of drug-likeness (QED) is 0.367. The van der Waals surface area contributed by atoms with Crippen LogP contribution < -0.4 is 0 Å². The summed E-state index contributed by atoms with van der Waals surface area (Å²) in [6.45, 7) is 1.49. The minimum absolute atomic E-state index is 0.336. The fourth-order valence-corrected chi connectivity index (χ4v) is 3.30. The average molecular weight is 361 g/mol. The molecule has 3 nitrogen and oxygen atoms in total. The van der Waals surface area contributed by atoms with Crippen LogP contribution in [-0.2, 0) is 11.3 Å². The number of ether oxygens (including phenoxy) is 1. The van der Waals surface area contributed by atoms with Gasteiger partial charge in [-0.2, -0.15) is 0 Å². The summed E-state index contributed by atoms with van der Waals surface area (Å²) < 4.78 is 5.80. The van der Waals surface area contributed by atoms with Gasteiger partial charge in [-0.1, -0.05) is 72.8 Å². The van der Waals surface area contributed by atoms with Gasteiger partial charge in [0.25, 0.3) is 0 Å². The maximum absolute atomic E-state index is 5.80. The second kappa shape index (κ2) is 10.5. The molecule has 1 atom stereocenters. The molecule has 0 spiro atoms. The molecule has 3 heteroatoms. The number of amidine groups is 1. The number of hydrogen-bond donors (Lipinski definition) is 0. The van der Waals surface area contributed by atoms with Crippen molar-refractivity contribution in [2.75, 3.05) is 13.7 Å². The van der Waals surface area contributed by atoms with E-state index in [4.69, 9.17) is 4.74 Å². The van der Waals surface area contributed by atoms with Gasteiger partial charge in [0.2, 0.25) is 0 Å². The van der Waals surface area contributed by atoms with E-state index in [9.17, 15) is 0 Å². The van der Waals surface area contributed by atoms with E-state index in [0.717, 1.165) is 37.3 Å². The van der Waals surface area contributed by atoms with E-state index in [2.05, 4.69) is 82.9 Å². The summed E-state index contributed by atoms with van der Waals surface area (Å²) in [6.07, 6.45) is 11.9. The van der Waals surface area contributed by atoms with Gasteiger partial charge in [0.05, 0.1) is 12.6 Å². The number of nitrogens with zero attached hydrogens (tertiary/aromatic N) is 2. The van der Waals surface area contributed by atoms with Crippen LogP contribution in [0.4, 0.5) is 0 Å². The summed E-state index contributed by atoms with van der Waals surface area (Å²) in [5.74, 6) is 1.02. The molecule has 3 rings (SSSR count). The van der Waals surface area contributed by atoms with Crippen molar-refractivity contribution < 1.29 is 4.74 Å². The van der Waals surface area contributed by atoms with Gasteiger partial charge in [0.1, 0.15) is 5.84 Å². The molecule has 1 heterocycles. The molecule has 0 radical (unpaired) electrons. The third-order valence-corrected chi connectivity index (χ3v) is 4.69. The highest BCUT2D eigenvalue weighted by atomic mass is 16.5. The van der Waals surface area contributed by atoms with E-state index in [-0.39, 0.29) is 0 Å². The Hall–Kier alpha value is -2.65. The zero-order valence-electron chi connectivity index (χ0n) is 16.0. The fourth-order valence-electron chi connectivity index (χ4n) is 3.30. The summed E-state index contributed by atoms with van der Waals surface area (Å²) in [4.78, 5) is 6.83. The minimum atomic E-state index is 0.336. The molecule has 0 saturated carbocycles. The molecule has 1 aliphatic heterocycles. The lowest BCUT2D eigenvalue weighted by molar-refractivity contribution is 0.116. The zero-order chi connectivity index (χ0) is 18.7. The van der Waals surface area contributed by atoms with Crippen molar-refractivity contribution in [3.05, 3.63) is 96.2 Å². The highest BCUT2D eigenvalue weighted by molar-refractivity contribution is 5.99.